The second kappa shape index (κ2) is 8.70. The molecule has 2 heterocycles. The quantitative estimate of drug-likeness (QED) is 0.442. The normalized spacial score (nSPS) is 13.5. The number of fused-ring (bicyclic) bond motifs is 1. The fourth-order valence-electron chi connectivity index (χ4n) is 3.47. The van der Waals surface area contributed by atoms with Gasteiger partial charge in [-0.2, -0.15) is 0 Å². The highest BCUT2D eigenvalue weighted by molar-refractivity contribution is 7.21. The number of hydrogen-bond donors (Lipinski definition) is 1. The molecule has 154 valence electrons. The van der Waals surface area contributed by atoms with E-state index in [2.05, 4.69) is 28.5 Å². The zero-order chi connectivity index (χ0) is 21.0. The van der Waals surface area contributed by atoms with Gasteiger partial charge in [0.15, 0.2) is 12.4 Å². The Morgan fingerprint density at radius 3 is 2.58 bits per heavy atom. The van der Waals surface area contributed by atoms with Crippen LogP contribution in [0.15, 0.2) is 77.8 Å². The van der Waals surface area contributed by atoms with Crippen LogP contribution in [0.2, 0.25) is 0 Å². The molecule has 5 nitrogen and oxygen atoms in total. The fraction of sp³-hybridized carbons (Fsp3) is 0.160. The third-order valence-electron chi connectivity index (χ3n) is 5.13. The van der Waals surface area contributed by atoms with Crippen LogP contribution in [0.4, 0.5) is 0 Å². The molecule has 1 aromatic heterocycles. The Labute approximate surface area is 184 Å². The number of aliphatic imine (C=N–C) groups is 1. The van der Waals surface area contributed by atoms with Gasteiger partial charge in [0.1, 0.15) is 16.6 Å². The molecule has 0 radical (unpaired) electrons. The first-order valence-electron chi connectivity index (χ1n) is 10.3. The molecule has 0 amide bonds. The van der Waals surface area contributed by atoms with Crippen LogP contribution in [-0.2, 0) is 0 Å². The molecule has 0 saturated heterocycles. The van der Waals surface area contributed by atoms with Crippen molar-refractivity contribution >= 4 is 33.2 Å². The second-order valence-electron chi connectivity index (χ2n) is 7.31. The summed E-state index contributed by atoms with van der Waals surface area (Å²) in [6.07, 6.45) is 1.08. The molecule has 1 N–H and O–H groups in total. The molecule has 0 spiro atoms. The van der Waals surface area contributed by atoms with Crippen molar-refractivity contribution in [1.29, 1.82) is 0 Å². The Kier molecular flexibility index (Phi) is 5.46. The molecule has 0 unspecified atom stereocenters. The minimum atomic E-state index is -0.0382. The number of amidine groups is 1. The molecule has 0 bridgehead atoms. The molecule has 0 aliphatic carbocycles. The molecule has 4 aromatic rings. The van der Waals surface area contributed by atoms with E-state index in [9.17, 15) is 4.79 Å². The molecule has 3 aromatic carbocycles. The number of rotatable bonds is 6. The highest BCUT2D eigenvalue weighted by atomic mass is 32.1. The average Bonchev–Trinajstić information content (AvgIpc) is 3.27. The van der Waals surface area contributed by atoms with Gasteiger partial charge in [0, 0.05) is 29.8 Å². The van der Waals surface area contributed by atoms with Crippen molar-refractivity contribution in [1.82, 2.24) is 10.3 Å². The Morgan fingerprint density at radius 2 is 1.81 bits per heavy atom. The van der Waals surface area contributed by atoms with Gasteiger partial charge in [-0.05, 0) is 48.9 Å². The molecule has 6 heteroatoms. The van der Waals surface area contributed by atoms with Gasteiger partial charge in [0.05, 0.1) is 10.2 Å². The average molecular weight is 428 g/mol. The van der Waals surface area contributed by atoms with E-state index in [0.29, 0.717) is 11.3 Å². The van der Waals surface area contributed by atoms with Gasteiger partial charge in [-0.15, -0.1) is 11.3 Å². The maximum atomic E-state index is 12.2. The van der Waals surface area contributed by atoms with Crippen molar-refractivity contribution in [3.05, 3.63) is 83.9 Å². The largest absolute Gasteiger partial charge is 0.485 e. The molecular formula is C25H21N3O2S. The lowest BCUT2D eigenvalue weighted by Gasteiger charge is -2.14. The van der Waals surface area contributed by atoms with E-state index < -0.39 is 0 Å². The van der Waals surface area contributed by atoms with Crippen LogP contribution in [0, 0.1) is 0 Å². The van der Waals surface area contributed by atoms with Crippen molar-refractivity contribution in [2.75, 3.05) is 19.7 Å². The van der Waals surface area contributed by atoms with Crippen LogP contribution in [0.25, 0.3) is 20.8 Å². The Balaban J connectivity index is 1.30. The monoisotopic (exact) mass is 427 g/mol. The van der Waals surface area contributed by atoms with Crippen LogP contribution in [0.5, 0.6) is 5.75 Å². The van der Waals surface area contributed by atoms with Gasteiger partial charge in [0.25, 0.3) is 0 Å². The maximum absolute atomic E-state index is 12.2. The number of carbonyl (C=O) groups is 1. The minimum Gasteiger partial charge on any atom is -0.485 e. The van der Waals surface area contributed by atoms with E-state index in [1.165, 1.54) is 0 Å². The number of ether oxygens (including phenoxy) is 1. The van der Waals surface area contributed by atoms with E-state index in [1.807, 2.05) is 42.5 Å². The molecule has 31 heavy (non-hydrogen) atoms. The first-order chi connectivity index (χ1) is 15.3. The van der Waals surface area contributed by atoms with Gasteiger partial charge in [0.2, 0.25) is 0 Å². The molecule has 0 atom stereocenters. The van der Waals surface area contributed by atoms with Gasteiger partial charge in [-0.25, -0.2) is 4.98 Å². The van der Waals surface area contributed by atoms with E-state index in [-0.39, 0.29) is 12.4 Å². The zero-order valence-corrected chi connectivity index (χ0v) is 17.7. The highest BCUT2D eigenvalue weighted by Crippen LogP contribution is 2.31. The van der Waals surface area contributed by atoms with Crippen LogP contribution in [-0.4, -0.2) is 36.3 Å². The van der Waals surface area contributed by atoms with E-state index in [0.717, 1.165) is 51.7 Å². The SMILES string of the molecule is O=C(COc1ccc(-c2nc3ccc(C4=NCCCN4)cc3s2)cc1)c1ccccc1. The minimum absolute atomic E-state index is 0.0190. The lowest BCUT2D eigenvalue weighted by molar-refractivity contribution is 0.0921. The number of nitrogens with one attached hydrogen (secondary N) is 1. The zero-order valence-electron chi connectivity index (χ0n) is 16.9. The van der Waals surface area contributed by atoms with Crippen LogP contribution in [0.3, 0.4) is 0 Å². The third-order valence-corrected chi connectivity index (χ3v) is 6.19. The van der Waals surface area contributed by atoms with E-state index in [1.54, 1.807) is 23.5 Å². The first kappa shape index (κ1) is 19.5. The summed E-state index contributed by atoms with van der Waals surface area (Å²) in [4.78, 5) is 21.6. The van der Waals surface area contributed by atoms with Gasteiger partial charge >= 0.3 is 0 Å². The van der Waals surface area contributed by atoms with Crippen molar-refractivity contribution in [3.63, 3.8) is 0 Å². The van der Waals surface area contributed by atoms with Crippen LogP contribution in [0.1, 0.15) is 22.3 Å². The van der Waals surface area contributed by atoms with E-state index in [4.69, 9.17) is 9.72 Å². The third kappa shape index (κ3) is 4.34. The standard InChI is InChI=1S/C25H21N3O2S/c29-22(17-5-2-1-3-6-17)16-30-20-10-7-18(8-11-20)25-28-21-12-9-19(15-23(21)31-25)24-26-13-4-14-27-24/h1-3,5-12,15H,4,13-14,16H2,(H,26,27). The lowest BCUT2D eigenvalue weighted by Crippen LogP contribution is -2.30. The number of hydrogen-bond acceptors (Lipinski definition) is 6. The number of ketones is 1. The van der Waals surface area contributed by atoms with Crippen LogP contribution < -0.4 is 10.1 Å². The van der Waals surface area contributed by atoms with Crippen molar-refractivity contribution in [2.45, 2.75) is 6.42 Å². The topological polar surface area (TPSA) is 63.6 Å². The Hall–Kier alpha value is -3.51. The summed E-state index contributed by atoms with van der Waals surface area (Å²) in [5, 5.41) is 4.33. The summed E-state index contributed by atoms with van der Waals surface area (Å²) in [5.74, 6) is 1.59. The summed E-state index contributed by atoms with van der Waals surface area (Å²) in [7, 11) is 0. The number of benzene rings is 3. The van der Waals surface area contributed by atoms with Crippen LogP contribution >= 0.6 is 11.3 Å². The summed E-state index contributed by atoms with van der Waals surface area (Å²) < 4.78 is 6.80. The highest BCUT2D eigenvalue weighted by Gasteiger charge is 2.12. The molecular weight excluding hydrogens is 406 g/mol. The smallest absolute Gasteiger partial charge is 0.200 e. The fourth-order valence-corrected chi connectivity index (χ4v) is 4.48. The van der Waals surface area contributed by atoms with Crippen molar-refractivity contribution < 1.29 is 9.53 Å². The summed E-state index contributed by atoms with van der Waals surface area (Å²) in [6, 6.07) is 23.2. The summed E-state index contributed by atoms with van der Waals surface area (Å²) in [6.45, 7) is 1.86. The number of nitrogens with zero attached hydrogens (tertiary/aromatic N) is 2. The molecule has 0 fully saturated rings. The van der Waals surface area contributed by atoms with E-state index >= 15 is 0 Å². The van der Waals surface area contributed by atoms with Gasteiger partial charge < -0.3 is 10.1 Å². The molecule has 1 aliphatic rings. The second-order valence-corrected chi connectivity index (χ2v) is 8.35. The summed E-state index contributed by atoms with van der Waals surface area (Å²) in [5.41, 5.74) is 3.77. The van der Waals surface area contributed by atoms with Crippen molar-refractivity contribution in [2.24, 2.45) is 4.99 Å². The van der Waals surface area contributed by atoms with Gasteiger partial charge in [-0.3, -0.25) is 9.79 Å². The number of aromatic nitrogens is 1. The molecule has 5 rings (SSSR count). The lowest BCUT2D eigenvalue weighted by atomic mass is 10.1. The molecule has 0 saturated carbocycles. The van der Waals surface area contributed by atoms with Gasteiger partial charge in [-0.1, -0.05) is 30.3 Å². The maximum Gasteiger partial charge on any atom is 0.200 e. The predicted molar refractivity (Wildman–Crippen MR) is 125 cm³/mol. The number of Topliss-reactive ketones (excluding diaryl/α,β-unsaturated/α-hetero) is 1. The predicted octanol–water partition coefficient (Wildman–Crippen LogP) is 4.96. The number of thiazole rings is 1. The van der Waals surface area contributed by atoms with Crippen molar-refractivity contribution in [3.8, 4) is 16.3 Å². The number of carbonyl (C=O) groups excluding carboxylic acids is 1. The molecule has 1 aliphatic heterocycles. The first-order valence-corrected chi connectivity index (χ1v) is 11.1. The Morgan fingerprint density at radius 1 is 1.00 bits per heavy atom. The Bertz CT molecular complexity index is 1250. The summed E-state index contributed by atoms with van der Waals surface area (Å²) >= 11 is 1.66.